The summed E-state index contributed by atoms with van der Waals surface area (Å²) in [5.41, 5.74) is 8.13. The molecule has 2 aliphatic rings. The standard InChI is InChI=1S/C48H62N8O6Si2/c1-29(2)41(53-47(59)61-5)45(57)55-27-63(7,8)25-39(55)43-49-23-37(51-43)35-19-15-33(16-20-35)31-11-13-32(14-12-31)34-17-21-36(22-18-34)38-24-50-44(52-38)40-26-64(9,10)28-56(40)46(58)42(30(3)4)54-48(60)62-6/h11-24,29-30,39-42H,25-28H2,1-10H3,(H,49,51)(H,50,52)(H,53,59)(H,54,60)/t39-,40-,41-,42-/m0/s1. The van der Waals surface area contributed by atoms with E-state index >= 15 is 0 Å². The Hall–Kier alpha value is -6.01. The summed E-state index contributed by atoms with van der Waals surface area (Å²) in [5, 5.41) is 5.49. The largest absolute Gasteiger partial charge is 0.453 e. The van der Waals surface area contributed by atoms with E-state index in [2.05, 4.69) is 120 Å². The lowest BCUT2D eigenvalue weighted by Gasteiger charge is -2.30. The first-order valence-corrected chi connectivity index (χ1v) is 28.9. The highest BCUT2D eigenvalue weighted by Gasteiger charge is 2.47. The number of carbonyl (C=O) groups is 4. The lowest BCUT2D eigenvalue weighted by atomic mass is 9.98. The Morgan fingerprint density at radius 3 is 1.14 bits per heavy atom. The highest BCUT2D eigenvalue weighted by atomic mass is 28.3. The highest BCUT2D eigenvalue weighted by Crippen LogP contribution is 2.40. The maximum absolute atomic E-state index is 13.9. The Balaban J connectivity index is 1.01. The van der Waals surface area contributed by atoms with E-state index < -0.39 is 40.4 Å². The van der Waals surface area contributed by atoms with Gasteiger partial charge in [-0.3, -0.25) is 9.59 Å². The highest BCUT2D eigenvalue weighted by molar-refractivity contribution is 6.79. The van der Waals surface area contributed by atoms with Gasteiger partial charge in [0.1, 0.15) is 23.7 Å². The molecule has 2 aromatic heterocycles. The molecule has 7 rings (SSSR count). The predicted molar refractivity (Wildman–Crippen MR) is 254 cm³/mol. The predicted octanol–water partition coefficient (Wildman–Crippen LogP) is 8.82. The molecule has 0 bridgehead atoms. The number of imidazole rings is 2. The average molecular weight is 903 g/mol. The van der Waals surface area contributed by atoms with Crippen LogP contribution in [-0.4, -0.2) is 109 Å². The van der Waals surface area contributed by atoms with E-state index in [9.17, 15) is 19.2 Å². The Labute approximate surface area is 378 Å². The molecule has 4 atom stereocenters. The number of benzene rings is 3. The first kappa shape index (κ1) is 46.0. The summed E-state index contributed by atoms with van der Waals surface area (Å²) in [5.74, 6) is 1.07. The molecular formula is C48H62N8O6Si2. The molecule has 64 heavy (non-hydrogen) atoms. The molecule has 0 unspecified atom stereocenters. The van der Waals surface area contributed by atoms with Crippen LogP contribution in [0.2, 0.25) is 38.3 Å². The van der Waals surface area contributed by atoms with Crippen molar-refractivity contribution in [2.75, 3.05) is 26.6 Å². The van der Waals surface area contributed by atoms with Gasteiger partial charge in [0, 0.05) is 12.3 Å². The van der Waals surface area contributed by atoms with E-state index in [0.29, 0.717) is 12.3 Å². The van der Waals surface area contributed by atoms with E-state index in [-0.39, 0.29) is 35.7 Å². The van der Waals surface area contributed by atoms with Crippen LogP contribution in [0, 0.1) is 11.8 Å². The molecule has 3 aromatic carbocycles. The van der Waals surface area contributed by atoms with Gasteiger partial charge in [0.25, 0.3) is 0 Å². The number of methoxy groups -OCH3 is 2. The van der Waals surface area contributed by atoms with Crippen LogP contribution in [0.1, 0.15) is 51.4 Å². The van der Waals surface area contributed by atoms with Crippen molar-refractivity contribution in [3.8, 4) is 44.8 Å². The first-order chi connectivity index (χ1) is 30.4. The molecule has 0 spiro atoms. The van der Waals surface area contributed by atoms with Crippen molar-refractivity contribution in [3.05, 3.63) is 96.8 Å². The molecule has 0 saturated carbocycles. The van der Waals surface area contributed by atoms with Gasteiger partial charge >= 0.3 is 12.2 Å². The Morgan fingerprint density at radius 2 is 0.859 bits per heavy atom. The zero-order chi connectivity index (χ0) is 46.1. The molecule has 0 aliphatic carbocycles. The molecular weight excluding hydrogens is 841 g/mol. The topological polar surface area (TPSA) is 175 Å². The molecule has 338 valence electrons. The number of alkyl carbamates (subject to hydrolysis) is 2. The second kappa shape index (κ2) is 18.6. The van der Waals surface area contributed by atoms with Crippen LogP contribution in [-0.2, 0) is 19.1 Å². The SMILES string of the molecule is COC(=O)N[C@H](C(=O)N1C[Si](C)(C)C[C@H]1c1ncc(-c2ccc(-c3ccc(-c4ccc(-c5cnc([C@@H]6C[Si](C)(C)CN6C(=O)[C@@H](NC(=O)OC)C(C)C)[nH]5)cc4)cc3)cc2)[nH]1)C(C)C. The Kier molecular flexibility index (Phi) is 13.4. The van der Waals surface area contributed by atoms with Crippen LogP contribution in [0.4, 0.5) is 9.59 Å². The summed E-state index contributed by atoms with van der Waals surface area (Å²) in [6, 6.07) is 25.3. The summed E-state index contributed by atoms with van der Waals surface area (Å²) >= 11 is 0. The second-order valence-corrected chi connectivity index (χ2v) is 29.6. The molecule has 0 radical (unpaired) electrons. The summed E-state index contributed by atoms with van der Waals surface area (Å²) in [6.45, 7) is 16.8. The lowest BCUT2D eigenvalue weighted by Crippen LogP contribution is -2.52. The molecule has 5 aromatic rings. The normalized spacial score (nSPS) is 18.8. The number of nitrogens with zero attached hydrogens (tertiary/aromatic N) is 4. The van der Waals surface area contributed by atoms with Crippen molar-refractivity contribution in [1.82, 2.24) is 40.4 Å². The zero-order valence-electron chi connectivity index (χ0n) is 38.6. The third-order valence-electron chi connectivity index (χ3n) is 12.6. The van der Waals surface area contributed by atoms with E-state index in [0.717, 1.165) is 68.5 Å². The molecule has 2 aliphatic heterocycles. The Morgan fingerprint density at radius 1 is 0.562 bits per heavy atom. The van der Waals surface area contributed by atoms with Crippen molar-refractivity contribution in [3.63, 3.8) is 0 Å². The zero-order valence-corrected chi connectivity index (χ0v) is 40.6. The van der Waals surface area contributed by atoms with Gasteiger partial charge in [-0.15, -0.1) is 0 Å². The van der Waals surface area contributed by atoms with Crippen molar-refractivity contribution in [2.45, 2.75) is 90.1 Å². The number of aromatic amines is 2. The minimum Gasteiger partial charge on any atom is -0.453 e. The maximum Gasteiger partial charge on any atom is 0.407 e. The smallest absolute Gasteiger partial charge is 0.407 e. The van der Waals surface area contributed by atoms with Gasteiger partial charge < -0.3 is 39.9 Å². The van der Waals surface area contributed by atoms with E-state index in [1.54, 1.807) is 0 Å². The minimum atomic E-state index is -1.74. The van der Waals surface area contributed by atoms with Crippen LogP contribution in [0.25, 0.3) is 44.8 Å². The van der Waals surface area contributed by atoms with Gasteiger partial charge in [-0.2, -0.15) is 0 Å². The lowest BCUT2D eigenvalue weighted by molar-refractivity contribution is -0.135. The monoisotopic (exact) mass is 902 g/mol. The van der Waals surface area contributed by atoms with Crippen molar-refractivity contribution < 1.29 is 28.7 Å². The van der Waals surface area contributed by atoms with Gasteiger partial charge in [0.2, 0.25) is 11.8 Å². The molecule has 14 nitrogen and oxygen atoms in total. The number of ether oxygens (including phenoxy) is 2. The average Bonchev–Trinajstić information content (AvgIpc) is 4.09. The molecule has 4 heterocycles. The summed E-state index contributed by atoms with van der Waals surface area (Å²) in [7, 11) is -0.879. The quantitative estimate of drug-likeness (QED) is 0.0899. The van der Waals surface area contributed by atoms with E-state index in [1.807, 2.05) is 49.9 Å². The van der Waals surface area contributed by atoms with Gasteiger partial charge in [-0.05, 0) is 57.3 Å². The van der Waals surface area contributed by atoms with Crippen molar-refractivity contribution >= 4 is 40.1 Å². The van der Waals surface area contributed by atoms with Crippen LogP contribution in [0.3, 0.4) is 0 Å². The third-order valence-corrected chi connectivity index (χ3v) is 17.9. The van der Waals surface area contributed by atoms with Crippen LogP contribution >= 0.6 is 0 Å². The van der Waals surface area contributed by atoms with Gasteiger partial charge in [0.05, 0.1) is 66.2 Å². The Bertz CT molecular complexity index is 2290. The number of aromatic nitrogens is 4. The van der Waals surface area contributed by atoms with Gasteiger partial charge in [0.15, 0.2) is 0 Å². The molecule has 16 heteroatoms. The molecule has 4 amide bonds. The van der Waals surface area contributed by atoms with Crippen LogP contribution in [0.5, 0.6) is 0 Å². The third kappa shape index (κ3) is 10.0. The summed E-state index contributed by atoms with van der Waals surface area (Å²) < 4.78 is 9.63. The van der Waals surface area contributed by atoms with Crippen LogP contribution in [0.15, 0.2) is 85.2 Å². The summed E-state index contributed by atoms with van der Waals surface area (Å²) in [6.07, 6.45) is 3.82. The fourth-order valence-electron chi connectivity index (χ4n) is 9.09. The fraction of sp³-hybridized carbons (Fsp3) is 0.417. The van der Waals surface area contributed by atoms with E-state index in [4.69, 9.17) is 19.4 Å². The van der Waals surface area contributed by atoms with E-state index in [1.165, 1.54) is 14.2 Å². The number of nitrogens with one attached hydrogen (secondary N) is 4. The van der Waals surface area contributed by atoms with Gasteiger partial charge in [-0.25, -0.2) is 19.6 Å². The molecule has 2 fully saturated rings. The second-order valence-electron chi connectivity index (χ2n) is 19.5. The van der Waals surface area contributed by atoms with Crippen molar-refractivity contribution in [1.29, 1.82) is 0 Å². The number of carbonyl (C=O) groups excluding carboxylic acids is 4. The molecule has 2 saturated heterocycles. The summed E-state index contributed by atoms with van der Waals surface area (Å²) in [4.78, 5) is 72.4. The molecule has 4 N–H and O–H groups in total. The number of H-pyrrole nitrogens is 2. The van der Waals surface area contributed by atoms with Crippen LogP contribution < -0.4 is 10.6 Å². The van der Waals surface area contributed by atoms with Gasteiger partial charge in [-0.1, -0.05) is 127 Å². The fourth-order valence-corrected chi connectivity index (χ4v) is 14.9. The first-order valence-electron chi connectivity index (χ1n) is 22.1. The number of amides is 4. The number of hydrogen-bond donors (Lipinski definition) is 4. The van der Waals surface area contributed by atoms with Crippen molar-refractivity contribution in [2.24, 2.45) is 11.8 Å². The number of rotatable bonds is 12. The maximum atomic E-state index is 13.9. The number of hydrogen-bond acceptors (Lipinski definition) is 8. The minimum absolute atomic E-state index is 0.107.